The summed E-state index contributed by atoms with van der Waals surface area (Å²) in [7, 11) is 0. The van der Waals surface area contributed by atoms with E-state index in [1.54, 1.807) is 21.6 Å². The highest BCUT2D eigenvalue weighted by molar-refractivity contribution is 7.98. The maximum absolute atomic E-state index is 13.7. The van der Waals surface area contributed by atoms with Gasteiger partial charge in [0, 0.05) is 41.3 Å². The van der Waals surface area contributed by atoms with E-state index in [-0.39, 0.29) is 17.5 Å². The number of primary amides is 1. The molecule has 2 aliphatic heterocycles. The molecule has 9 heteroatoms. The van der Waals surface area contributed by atoms with E-state index in [1.165, 1.54) is 4.68 Å². The molecule has 2 aromatic carbocycles. The van der Waals surface area contributed by atoms with Crippen molar-refractivity contribution in [2.75, 3.05) is 29.1 Å². The second kappa shape index (κ2) is 8.98. The third kappa shape index (κ3) is 3.86. The van der Waals surface area contributed by atoms with E-state index < -0.39 is 5.91 Å². The molecule has 0 aliphatic carbocycles. The summed E-state index contributed by atoms with van der Waals surface area (Å²) in [5, 5.41) is 4.42. The fourth-order valence-corrected chi connectivity index (χ4v) is 5.01. The maximum atomic E-state index is 13.7. The summed E-state index contributed by atoms with van der Waals surface area (Å²) < 4.78 is 1.52. The zero-order chi connectivity index (χ0) is 23.8. The average Bonchev–Trinajstić information content (AvgIpc) is 3.26. The Balaban J connectivity index is 1.49. The van der Waals surface area contributed by atoms with Crippen molar-refractivity contribution in [3.63, 3.8) is 0 Å². The summed E-state index contributed by atoms with van der Waals surface area (Å²) in [5.74, 6) is -0.752. The molecule has 5 rings (SSSR count). The Bertz CT molecular complexity index is 1270. The third-order valence-corrected chi connectivity index (χ3v) is 7.11. The normalized spacial score (nSPS) is 16.0. The zero-order valence-corrected chi connectivity index (χ0v) is 19.7. The van der Waals surface area contributed by atoms with Crippen LogP contribution in [0.1, 0.15) is 45.8 Å². The summed E-state index contributed by atoms with van der Waals surface area (Å²) in [6, 6.07) is 15.1. The van der Waals surface area contributed by atoms with Gasteiger partial charge in [-0.3, -0.25) is 14.4 Å². The molecular weight excluding hydrogens is 450 g/mol. The Morgan fingerprint density at radius 2 is 1.53 bits per heavy atom. The number of carbonyl (C=O) groups is 3. The number of hydrogen-bond donors (Lipinski definition) is 1. The smallest absolute Gasteiger partial charge is 0.277 e. The number of anilines is 2. The lowest BCUT2D eigenvalue weighted by Gasteiger charge is -2.29. The van der Waals surface area contributed by atoms with Crippen LogP contribution in [0.4, 0.5) is 11.4 Å². The summed E-state index contributed by atoms with van der Waals surface area (Å²) in [4.78, 5) is 42.6. The molecule has 3 aromatic rings. The Morgan fingerprint density at radius 3 is 2.15 bits per heavy atom. The summed E-state index contributed by atoms with van der Waals surface area (Å²) in [5.41, 5.74) is 8.92. The molecule has 3 heterocycles. The van der Waals surface area contributed by atoms with Crippen molar-refractivity contribution >= 4 is 40.9 Å². The number of carbonyl (C=O) groups excluding carboxylic acids is 3. The Kier molecular flexibility index (Phi) is 5.87. The highest BCUT2D eigenvalue weighted by Crippen LogP contribution is 2.31. The van der Waals surface area contributed by atoms with Crippen LogP contribution < -0.4 is 15.5 Å². The predicted octanol–water partition coefficient (Wildman–Crippen LogP) is 3.41. The van der Waals surface area contributed by atoms with Gasteiger partial charge in [-0.15, -0.1) is 11.8 Å². The fraction of sp³-hybridized carbons (Fsp3) is 0.280. The molecule has 0 bridgehead atoms. The zero-order valence-electron chi connectivity index (χ0n) is 18.9. The topological polar surface area (TPSA) is 102 Å². The van der Waals surface area contributed by atoms with Crippen molar-refractivity contribution in [3.05, 3.63) is 65.5 Å². The second-order valence-corrected chi connectivity index (χ2v) is 9.26. The molecule has 2 aliphatic rings. The number of amides is 3. The quantitative estimate of drug-likeness (QED) is 0.570. The molecule has 0 unspecified atom stereocenters. The van der Waals surface area contributed by atoms with Gasteiger partial charge < -0.3 is 15.5 Å². The summed E-state index contributed by atoms with van der Waals surface area (Å²) in [6.45, 7) is 1.12. The van der Waals surface area contributed by atoms with Gasteiger partial charge in [0.05, 0.1) is 5.69 Å². The van der Waals surface area contributed by atoms with Crippen LogP contribution in [0.3, 0.4) is 0 Å². The average molecular weight is 476 g/mol. The molecule has 0 radical (unpaired) electrons. The summed E-state index contributed by atoms with van der Waals surface area (Å²) in [6.07, 6.45) is 4.95. The lowest BCUT2D eigenvalue weighted by molar-refractivity contribution is -0.119. The van der Waals surface area contributed by atoms with Gasteiger partial charge in [0.25, 0.3) is 11.8 Å². The van der Waals surface area contributed by atoms with Gasteiger partial charge in [-0.2, -0.15) is 5.10 Å². The number of fused-ring (bicyclic) bond motifs is 1. The van der Waals surface area contributed by atoms with Crippen LogP contribution in [0.25, 0.3) is 5.69 Å². The number of nitrogens with two attached hydrogens (primary N) is 1. The van der Waals surface area contributed by atoms with Gasteiger partial charge in [-0.05, 0) is 74.0 Å². The van der Waals surface area contributed by atoms with Gasteiger partial charge in [0.1, 0.15) is 5.69 Å². The first-order valence-corrected chi connectivity index (χ1v) is 12.5. The van der Waals surface area contributed by atoms with Crippen molar-refractivity contribution in [2.24, 2.45) is 5.73 Å². The molecular formula is C25H25N5O3S. The number of piperidine rings is 1. The van der Waals surface area contributed by atoms with Crippen LogP contribution in [0.2, 0.25) is 0 Å². The van der Waals surface area contributed by atoms with Gasteiger partial charge >= 0.3 is 0 Å². The van der Waals surface area contributed by atoms with Crippen LogP contribution in [-0.2, 0) is 11.2 Å². The SMILES string of the molecule is CSc1ccc(-n2nc(C(N)=O)c3c2C(=O)N(c2ccc(N4CCCCC4=O)cc2)CC3)cc1. The van der Waals surface area contributed by atoms with E-state index in [0.29, 0.717) is 42.9 Å². The monoisotopic (exact) mass is 475 g/mol. The van der Waals surface area contributed by atoms with Crippen LogP contribution in [0.15, 0.2) is 53.4 Å². The number of aromatic nitrogens is 2. The van der Waals surface area contributed by atoms with E-state index >= 15 is 0 Å². The molecule has 1 aromatic heterocycles. The van der Waals surface area contributed by atoms with Crippen molar-refractivity contribution in [1.82, 2.24) is 9.78 Å². The first-order valence-electron chi connectivity index (χ1n) is 11.3. The van der Waals surface area contributed by atoms with E-state index in [4.69, 9.17) is 5.73 Å². The largest absolute Gasteiger partial charge is 0.364 e. The maximum Gasteiger partial charge on any atom is 0.277 e. The van der Waals surface area contributed by atoms with Gasteiger partial charge in [0.15, 0.2) is 5.69 Å². The van der Waals surface area contributed by atoms with Crippen LogP contribution >= 0.6 is 11.8 Å². The third-order valence-electron chi connectivity index (χ3n) is 6.36. The predicted molar refractivity (Wildman–Crippen MR) is 132 cm³/mol. The Morgan fingerprint density at radius 1 is 0.882 bits per heavy atom. The van der Waals surface area contributed by atoms with Crippen molar-refractivity contribution < 1.29 is 14.4 Å². The van der Waals surface area contributed by atoms with E-state index in [0.717, 1.165) is 29.1 Å². The standard InChI is InChI=1S/C25H25N5O3S/c1-34-19-11-9-18(10-12-19)30-23-20(22(27-30)24(26)32)13-15-29(25(23)33)17-7-5-16(6-8-17)28-14-3-2-4-21(28)31/h5-12H,2-4,13-15H2,1H3,(H2,26,32). The minimum Gasteiger partial charge on any atom is -0.364 e. The number of thioether (sulfide) groups is 1. The van der Waals surface area contributed by atoms with Crippen molar-refractivity contribution in [1.29, 1.82) is 0 Å². The highest BCUT2D eigenvalue weighted by atomic mass is 32.2. The van der Waals surface area contributed by atoms with Gasteiger partial charge in [-0.25, -0.2) is 4.68 Å². The molecule has 1 fully saturated rings. The first kappa shape index (κ1) is 22.2. The Hall–Kier alpha value is -3.59. The van der Waals surface area contributed by atoms with Gasteiger partial charge in [0.2, 0.25) is 5.91 Å². The van der Waals surface area contributed by atoms with E-state index in [1.807, 2.05) is 54.8 Å². The van der Waals surface area contributed by atoms with Crippen LogP contribution in [0.5, 0.6) is 0 Å². The lowest BCUT2D eigenvalue weighted by atomic mass is 10.0. The number of nitrogens with zero attached hydrogens (tertiary/aromatic N) is 4. The molecule has 8 nitrogen and oxygen atoms in total. The van der Waals surface area contributed by atoms with Gasteiger partial charge in [-0.1, -0.05) is 0 Å². The van der Waals surface area contributed by atoms with Crippen molar-refractivity contribution in [2.45, 2.75) is 30.6 Å². The van der Waals surface area contributed by atoms with Crippen LogP contribution in [0, 0.1) is 0 Å². The first-order chi connectivity index (χ1) is 16.5. The minimum absolute atomic E-state index is 0.132. The molecule has 0 atom stereocenters. The van der Waals surface area contributed by atoms with Crippen molar-refractivity contribution in [3.8, 4) is 5.69 Å². The van der Waals surface area contributed by atoms with E-state index in [2.05, 4.69) is 5.10 Å². The Labute approximate surface area is 201 Å². The number of hydrogen-bond acceptors (Lipinski definition) is 5. The number of benzene rings is 2. The molecule has 174 valence electrons. The molecule has 0 saturated carbocycles. The molecule has 34 heavy (non-hydrogen) atoms. The number of rotatable bonds is 5. The fourth-order valence-electron chi connectivity index (χ4n) is 4.61. The minimum atomic E-state index is -0.646. The molecule has 1 saturated heterocycles. The second-order valence-electron chi connectivity index (χ2n) is 8.38. The lowest BCUT2D eigenvalue weighted by Crippen LogP contribution is -2.39. The van der Waals surface area contributed by atoms with E-state index in [9.17, 15) is 14.4 Å². The molecule has 3 amide bonds. The molecule has 2 N–H and O–H groups in total. The molecule has 0 spiro atoms. The highest BCUT2D eigenvalue weighted by Gasteiger charge is 2.34. The van der Waals surface area contributed by atoms with Crippen LogP contribution in [-0.4, -0.2) is 46.8 Å². The summed E-state index contributed by atoms with van der Waals surface area (Å²) >= 11 is 1.62.